The Morgan fingerprint density at radius 1 is 1.25 bits per heavy atom. The van der Waals surface area contributed by atoms with Gasteiger partial charge in [-0.3, -0.25) is 4.79 Å². The van der Waals surface area contributed by atoms with Gasteiger partial charge in [-0.1, -0.05) is 19.9 Å². The normalized spacial score (nSPS) is 14.1. The molecule has 0 radical (unpaired) electrons. The fourth-order valence-corrected chi connectivity index (χ4v) is 2.16. The number of phenolic OH excluding ortho intramolecular Hbond substituents is 2. The molecule has 0 aromatic heterocycles. The number of phenols is 2. The predicted molar refractivity (Wildman–Crippen MR) is 78.5 cm³/mol. The van der Waals surface area contributed by atoms with Gasteiger partial charge in [0.1, 0.15) is 0 Å². The van der Waals surface area contributed by atoms with E-state index in [1.54, 1.807) is 6.07 Å². The first-order valence-corrected chi connectivity index (χ1v) is 6.86. The fourth-order valence-electron chi connectivity index (χ4n) is 2.16. The van der Waals surface area contributed by atoms with Crippen LogP contribution in [-0.2, 0) is 11.2 Å². The minimum absolute atomic E-state index is 0.0850. The lowest BCUT2D eigenvalue weighted by Crippen LogP contribution is -2.45. The molecule has 0 bridgehead atoms. The van der Waals surface area contributed by atoms with Crippen LogP contribution >= 0.6 is 0 Å². The maximum Gasteiger partial charge on any atom is 0.237 e. The second-order valence-electron chi connectivity index (χ2n) is 5.67. The summed E-state index contributed by atoms with van der Waals surface area (Å²) in [5.41, 5.74) is 6.57. The molecule has 1 aromatic rings. The number of carbonyl (C=O) groups is 1. The largest absolute Gasteiger partial charge is 0.504 e. The van der Waals surface area contributed by atoms with Gasteiger partial charge in [-0.25, -0.2) is 0 Å². The first kappa shape index (κ1) is 16.3. The van der Waals surface area contributed by atoms with Crippen molar-refractivity contribution in [3.8, 4) is 11.5 Å². The monoisotopic (exact) mass is 280 g/mol. The Hall–Kier alpha value is -1.75. The topological polar surface area (TPSA) is 95.6 Å². The van der Waals surface area contributed by atoms with Crippen molar-refractivity contribution in [1.82, 2.24) is 5.32 Å². The van der Waals surface area contributed by atoms with Crippen molar-refractivity contribution in [1.29, 1.82) is 0 Å². The number of hydrogen-bond acceptors (Lipinski definition) is 4. The van der Waals surface area contributed by atoms with Gasteiger partial charge in [0.2, 0.25) is 5.91 Å². The Morgan fingerprint density at radius 3 is 2.45 bits per heavy atom. The third kappa shape index (κ3) is 5.09. The summed E-state index contributed by atoms with van der Waals surface area (Å²) in [7, 11) is 0. The van der Waals surface area contributed by atoms with E-state index >= 15 is 0 Å². The summed E-state index contributed by atoms with van der Waals surface area (Å²) in [6.45, 7) is 6.15. The van der Waals surface area contributed by atoms with Crippen molar-refractivity contribution in [2.45, 2.75) is 45.7 Å². The van der Waals surface area contributed by atoms with Crippen molar-refractivity contribution in [3.05, 3.63) is 23.8 Å². The summed E-state index contributed by atoms with van der Waals surface area (Å²) >= 11 is 0. The molecule has 5 nitrogen and oxygen atoms in total. The van der Waals surface area contributed by atoms with Crippen LogP contribution in [0, 0.1) is 5.92 Å². The lowest BCUT2D eigenvalue weighted by Gasteiger charge is -2.19. The molecule has 1 aromatic carbocycles. The van der Waals surface area contributed by atoms with Gasteiger partial charge in [-0.2, -0.15) is 0 Å². The second kappa shape index (κ2) is 7.14. The van der Waals surface area contributed by atoms with Crippen LogP contribution in [0.4, 0.5) is 0 Å². The van der Waals surface area contributed by atoms with Gasteiger partial charge < -0.3 is 21.3 Å². The van der Waals surface area contributed by atoms with Crippen molar-refractivity contribution >= 4 is 5.91 Å². The first-order chi connectivity index (χ1) is 9.29. The van der Waals surface area contributed by atoms with Crippen molar-refractivity contribution < 1.29 is 15.0 Å². The predicted octanol–water partition coefficient (Wildman–Crippen LogP) is 1.52. The molecule has 2 atom stereocenters. The number of benzene rings is 1. The van der Waals surface area contributed by atoms with Gasteiger partial charge in [-0.15, -0.1) is 0 Å². The highest BCUT2D eigenvalue weighted by Gasteiger charge is 2.17. The van der Waals surface area contributed by atoms with Crippen LogP contribution in [0.3, 0.4) is 0 Å². The van der Waals surface area contributed by atoms with Crippen molar-refractivity contribution in [2.75, 3.05) is 0 Å². The molecule has 0 aliphatic carbocycles. The highest BCUT2D eigenvalue weighted by atomic mass is 16.3. The Balaban J connectivity index is 2.54. The quantitative estimate of drug-likeness (QED) is 0.594. The Bertz CT molecular complexity index is 460. The standard InChI is InChI=1S/C15H24N2O3/c1-9(2)6-10(3)17-15(20)12(16)7-11-4-5-13(18)14(19)8-11/h4-5,8-10,12,18-19H,6-7,16H2,1-3H3,(H,17,20)/t10?,12-/m0/s1. The number of aromatic hydroxyl groups is 2. The summed E-state index contributed by atoms with van der Waals surface area (Å²) < 4.78 is 0. The summed E-state index contributed by atoms with van der Waals surface area (Å²) in [5.74, 6) is -0.0816. The molecule has 0 saturated carbocycles. The molecular weight excluding hydrogens is 256 g/mol. The average molecular weight is 280 g/mol. The highest BCUT2D eigenvalue weighted by Crippen LogP contribution is 2.25. The molecule has 1 unspecified atom stereocenters. The Morgan fingerprint density at radius 2 is 1.90 bits per heavy atom. The average Bonchev–Trinajstić information content (AvgIpc) is 2.32. The summed E-state index contributed by atoms with van der Waals surface area (Å²) in [6, 6.07) is 3.85. The molecule has 0 spiro atoms. The van der Waals surface area contributed by atoms with Gasteiger partial charge in [0, 0.05) is 6.04 Å². The van der Waals surface area contributed by atoms with Gasteiger partial charge >= 0.3 is 0 Å². The Labute approximate surface area is 119 Å². The van der Waals surface area contributed by atoms with E-state index < -0.39 is 6.04 Å². The number of nitrogens with two attached hydrogens (primary N) is 1. The van der Waals surface area contributed by atoms with Crippen LogP contribution in [0.15, 0.2) is 18.2 Å². The number of amides is 1. The van der Waals surface area contributed by atoms with E-state index in [1.165, 1.54) is 12.1 Å². The molecule has 0 saturated heterocycles. The van der Waals surface area contributed by atoms with E-state index in [4.69, 9.17) is 5.73 Å². The SMILES string of the molecule is CC(C)CC(C)NC(=O)[C@@H](N)Cc1ccc(O)c(O)c1. The molecule has 5 heteroatoms. The molecule has 1 rings (SSSR count). The summed E-state index contributed by atoms with van der Waals surface area (Å²) in [6.07, 6.45) is 1.21. The minimum Gasteiger partial charge on any atom is -0.504 e. The Kier molecular flexibility index (Phi) is 5.82. The van der Waals surface area contributed by atoms with E-state index in [1.807, 2.05) is 6.92 Å². The maximum absolute atomic E-state index is 11.9. The van der Waals surface area contributed by atoms with Crippen LogP contribution in [0.25, 0.3) is 0 Å². The fraction of sp³-hybridized carbons (Fsp3) is 0.533. The minimum atomic E-state index is -0.673. The van der Waals surface area contributed by atoms with E-state index in [-0.39, 0.29) is 23.4 Å². The number of rotatable bonds is 6. The zero-order chi connectivity index (χ0) is 15.3. The molecule has 20 heavy (non-hydrogen) atoms. The molecule has 0 aliphatic heterocycles. The highest BCUT2D eigenvalue weighted by molar-refractivity contribution is 5.82. The van der Waals surface area contributed by atoms with Crippen molar-refractivity contribution in [2.24, 2.45) is 11.7 Å². The van der Waals surface area contributed by atoms with Gasteiger partial charge in [-0.05, 0) is 43.4 Å². The lowest BCUT2D eigenvalue weighted by atomic mass is 10.0. The smallest absolute Gasteiger partial charge is 0.237 e. The second-order valence-corrected chi connectivity index (χ2v) is 5.67. The number of carbonyl (C=O) groups excluding carboxylic acids is 1. The molecule has 0 heterocycles. The zero-order valence-corrected chi connectivity index (χ0v) is 12.3. The molecule has 0 aliphatic rings. The maximum atomic E-state index is 11.9. The van der Waals surface area contributed by atoms with Crippen LogP contribution in [0.5, 0.6) is 11.5 Å². The van der Waals surface area contributed by atoms with Gasteiger partial charge in [0.15, 0.2) is 11.5 Å². The molecule has 112 valence electrons. The summed E-state index contributed by atoms with van der Waals surface area (Å²) in [5, 5.41) is 21.5. The molecule has 0 fully saturated rings. The number of hydrogen-bond donors (Lipinski definition) is 4. The van der Waals surface area contributed by atoms with Crippen LogP contribution in [0.1, 0.15) is 32.8 Å². The molecule has 5 N–H and O–H groups in total. The van der Waals surface area contributed by atoms with E-state index in [0.717, 1.165) is 6.42 Å². The molecular formula is C15H24N2O3. The van der Waals surface area contributed by atoms with Crippen LogP contribution in [-0.4, -0.2) is 28.2 Å². The molecule has 1 amide bonds. The van der Waals surface area contributed by atoms with E-state index in [2.05, 4.69) is 19.2 Å². The first-order valence-electron chi connectivity index (χ1n) is 6.86. The number of nitrogens with one attached hydrogen (secondary N) is 1. The third-order valence-electron chi connectivity index (χ3n) is 3.05. The van der Waals surface area contributed by atoms with Crippen LogP contribution < -0.4 is 11.1 Å². The third-order valence-corrected chi connectivity index (χ3v) is 3.05. The van der Waals surface area contributed by atoms with Gasteiger partial charge in [0.05, 0.1) is 6.04 Å². The van der Waals surface area contributed by atoms with Crippen LogP contribution in [0.2, 0.25) is 0 Å². The van der Waals surface area contributed by atoms with Crippen molar-refractivity contribution in [3.63, 3.8) is 0 Å². The lowest BCUT2D eigenvalue weighted by molar-refractivity contribution is -0.123. The zero-order valence-electron chi connectivity index (χ0n) is 12.3. The van der Waals surface area contributed by atoms with E-state index in [9.17, 15) is 15.0 Å². The van der Waals surface area contributed by atoms with E-state index in [0.29, 0.717) is 17.9 Å². The summed E-state index contributed by atoms with van der Waals surface area (Å²) in [4.78, 5) is 11.9. The van der Waals surface area contributed by atoms with Gasteiger partial charge in [0.25, 0.3) is 0 Å².